The summed E-state index contributed by atoms with van der Waals surface area (Å²) in [6.45, 7) is 1.63. The Balaban J connectivity index is 2.75. The van der Waals surface area contributed by atoms with Gasteiger partial charge in [-0.25, -0.2) is 0 Å². The van der Waals surface area contributed by atoms with Gasteiger partial charge in [-0.2, -0.15) is 0 Å². The van der Waals surface area contributed by atoms with Crippen LogP contribution in [0, 0.1) is 0 Å². The molecule has 1 amide bonds. The minimum atomic E-state index is -1.30. The quantitative estimate of drug-likeness (QED) is 0.317. The van der Waals surface area contributed by atoms with Crippen molar-refractivity contribution < 1.29 is 20.1 Å². The lowest BCUT2D eigenvalue weighted by Gasteiger charge is -2.39. The van der Waals surface area contributed by atoms with E-state index in [0.717, 1.165) is 0 Å². The smallest absolute Gasteiger partial charge is 0.239 e. The first kappa shape index (κ1) is 11.4. The van der Waals surface area contributed by atoms with E-state index in [-0.39, 0.29) is 0 Å². The van der Waals surface area contributed by atoms with Gasteiger partial charge in [-0.15, -0.1) is 0 Å². The number of hydrogen-bond acceptors (Lipinski definition) is 5. The molecule has 1 fully saturated rings. The third kappa shape index (κ3) is 1.88. The lowest BCUT2D eigenvalue weighted by Crippen LogP contribution is -2.67. The minimum absolute atomic E-state index is 0.407. The maximum absolute atomic E-state index is 11.2. The molecule has 0 saturated carbocycles. The standard InChI is InChI=1S/C8H16N2O4/c1-3-5(11)7(13)6(12)4(10-3)8(14)9-2/h3-7,10-13H,1-2H3,(H,9,14)/t3-,4+,5+,6+,7-/m1/s1. The Kier molecular flexibility index (Phi) is 3.43. The summed E-state index contributed by atoms with van der Waals surface area (Å²) >= 11 is 0. The molecule has 5 N–H and O–H groups in total. The second-order valence-electron chi connectivity index (χ2n) is 3.52. The van der Waals surface area contributed by atoms with Gasteiger partial charge in [0, 0.05) is 13.1 Å². The van der Waals surface area contributed by atoms with Crippen LogP contribution >= 0.6 is 0 Å². The fourth-order valence-electron chi connectivity index (χ4n) is 1.56. The van der Waals surface area contributed by atoms with Crippen molar-refractivity contribution in [3.05, 3.63) is 0 Å². The first-order valence-corrected chi connectivity index (χ1v) is 4.51. The molecule has 0 aromatic carbocycles. The Bertz CT molecular complexity index is 223. The summed E-state index contributed by atoms with van der Waals surface area (Å²) in [7, 11) is 1.44. The maximum atomic E-state index is 11.2. The second-order valence-corrected chi connectivity index (χ2v) is 3.52. The van der Waals surface area contributed by atoms with E-state index in [1.54, 1.807) is 6.92 Å². The Hall–Kier alpha value is -0.690. The number of nitrogens with one attached hydrogen (secondary N) is 2. The van der Waals surface area contributed by atoms with Crippen LogP contribution < -0.4 is 10.6 Å². The first-order chi connectivity index (χ1) is 6.49. The molecule has 5 atom stereocenters. The summed E-state index contributed by atoms with van der Waals surface area (Å²) in [6, 6.07) is -1.32. The molecule has 82 valence electrons. The monoisotopic (exact) mass is 204 g/mol. The summed E-state index contributed by atoms with van der Waals surface area (Å²) in [5.74, 6) is -0.407. The fraction of sp³-hybridized carbons (Fsp3) is 0.875. The Morgan fingerprint density at radius 2 is 1.79 bits per heavy atom. The molecule has 0 aromatic heterocycles. The molecule has 1 rings (SSSR count). The SMILES string of the molecule is CNC(=O)[C@H]1N[C@H](C)[C@H](O)[C@@H](O)[C@H]1O. The van der Waals surface area contributed by atoms with Gasteiger partial charge in [0.15, 0.2) is 0 Å². The lowest BCUT2D eigenvalue weighted by molar-refractivity contribution is -0.141. The van der Waals surface area contributed by atoms with Crippen LogP contribution in [0.5, 0.6) is 0 Å². The molecule has 1 aliphatic rings. The highest BCUT2D eigenvalue weighted by atomic mass is 16.4. The van der Waals surface area contributed by atoms with Crippen molar-refractivity contribution in [1.82, 2.24) is 10.6 Å². The van der Waals surface area contributed by atoms with Gasteiger partial charge in [0.05, 0.1) is 6.10 Å². The number of carbonyl (C=O) groups excluding carboxylic acids is 1. The molecule has 14 heavy (non-hydrogen) atoms. The van der Waals surface area contributed by atoms with E-state index < -0.39 is 36.3 Å². The molecule has 6 heteroatoms. The average Bonchev–Trinajstić information content (AvgIpc) is 2.19. The molecule has 0 radical (unpaired) electrons. The number of hydrogen-bond donors (Lipinski definition) is 5. The second kappa shape index (κ2) is 4.22. The number of amides is 1. The van der Waals surface area contributed by atoms with Crippen LogP contribution in [0.25, 0.3) is 0 Å². The molecule has 1 aliphatic heterocycles. The summed E-state index contributed by atoms with van der Waals surface area (Å²) in [5, 5.41) is 33.4. The molecule has 1 heterocycles. The van der Waals surface area contributed by atoms with Gasteiger partial charge in [-0.3, -0.25) is 10.1 Å². The molecule has 0 aromatic rings. The van der Waals surface area contributed by atoms with Crippen LogP contribution in [-0.4, -0.2) is 58.7 Å². The highest BCUT2D eigenvalue weighted by molar-refractivity contribution is 5.82. The summed E-state index contributed by atoms with van der Waals surface area (Å²) < 4.78 is 0. The average molecular weight is 204 g/mol. The summed E-state index contributed by atoms with van der Waals surface area (Å²) in [6.07, 6.45) is -3.65. The zero-order valence-electron chi connectivity index (χ0n) is 8.14. The van der Waals surface area contributed by atoms with Gasteiger partial charge >= 0.3 is 0 Å². The van der Waals surface area contributed by atoms with E-state index in [0.29, 0.717) is 0 Å². The van der Waals surface area contributed by atoms with E-state index >= 15 is 0 Å². The van der Waals surface area contributed by atoms with Gasteiger partial charge in [0.25, 0.3) is 0 Å². The first-order valence-electron chi connectivity index (χ1n) is 4.51. The highest BCUT2D eigenvalue weighted by Crippen LogP contribution is 2.15. The maximum Gasteiger partial charge on any atom is 0.239 e. The van der Waals surface area contributed by atoms with Crippen molar-refractivity contribution in [2.75, 3.05) is 7.05 Å². The normalized spacial score (nSPS) is 43.4. The van der Waals surface area contributed by atoms with Crippen molar-refractivity contribution in [3.8, 4) is 0 Å². The highest BCUT2D eigenvalue weighted by Gasteiger charge is 2.43. The Labute approximate surface area is 81.9 Å². The molecular formula is C8H16N2O4. The van der Waals surface area contributed by atoms with Gasteiger partial charge in [0.1, 0.15) is 18.2 Å². The van der Waals surface area contributed by atoms with E-state index in [9.17, 15) is 20.1 Å². The lowest BCUT2D eigenvalue weighted by atomic mass is 9.91. The number of aliphatic hydroxyl groups is 3. The van der Waals surface area contributed by atoms with Crippen molar-refractivity contribution in [2.45, 2.75) is 37.3 Å². The van der Waals surface area contributed by atoms with Crippen molar-refractivity contribution in [1.29, 1.82) is 0 Å². The van der Waals surface area contributed by atoms with Crippen LogP contribution in [-0.2, 0) is 4.79 Å². The number of aliphatic hydroxyl groups excluding tert-OH is 3. The van der Waals surface area contributed by atoms with Crippen LogP contribution in [0.15, 0.2) is 0 Å². The van der Waals surface area contributed by atoms with E-state index in [1.807, 2.05) is 0 Å². The molecular weight excluding hydrogens is 188 g/mol. The molecule has 6 nitrogen and oxygen atoms in total. The van der Waals surface area contributed by atoms with Gasteiger partial charge < -0.3 is 20.6 Å². The van der Waals surface area contributed by atoms with Crippen molar-refractivity contribution in [3.63, 3.8) is 0 Å². The molecule has 0 aliphatic carbocycles. The van der Waals surface area contributed by atoms with Crippen molar-refractivity contribution in [2.24, 2.45) is 0 Å². The fourth-order valence-corrected chi connectivity index (χ4v) is 1.56. The zero-order chi connectivity index (χ0) is 10.9. The molecule has 1 saturated heterocycles. The van der Waals surface area contributed by atoms with Crippen LogP contribution in [0.4, 0.5) is 0 Å². The third-order valence-electron chi connectivity index (χ3n) is 2.52. The predicted octanol–water partition coefficient (Wildman–Crippen LogP) is -2.82. The number of likely N-dealkylation sites (N-methyl/N-ethyl adjacent to an activating group) is 1. The summed E-state index contributed by atoms with van der Waals surface area (Å²) in [4.78, 5) is 11.2. The van der Waals surface area contributed by atoms with Gasteiger partial charge in [0.2, 0.25) is 5.91 Å². The number of carbonyl (C=O) groups is 1. The number of rotatable bonds is 1. The van der Waals surface area contributed by atoms with E-state index in [2.05, 4.69) is 10.6 Å². The predicted molar refractivity (Wildman–Crippen MR) is 48.5 cm³/mol. The topological polar surface area (TPSA) is 102 Å². The molecule has 0 unspecified atom stereocenters. The molecule has 0 bridgehead atoms. The third-order valence-corrected chi connectivity index (χ3v) is 2.52. The van der Waals surface area contributed by atoms with Gasteiger partial charge in [-0.05, 0) is 6.92 Å². The Morgan fingerprint density at radius 1 is 1.21 bits per heavy atom. The van der Waals surface area contributed by atoms with Crippen LogP contribution in [0.1, 0.15) is 6.92 Å². The minimum Gasteiger partial charge on any atom is -0.389 e. The van der Waals surface area contributed by atoms with Crippen molar-refractivity contribution >= 4 is 5.91 Å². The summed E-state index contributed by atoms with van der Waals surface area (Å²) in [5.41, 5.74) is 0. The van der Waals surface area contributed by atoms with E-state index in [4.69, 9.17) is 0 Å². The zero-order valence-corrected chi connectivity index (χ0v) is 8.14. The Morgan fingerprint density at radius 3 is 2.29 bits per heavy atom. The van der Waals surface area contributed by atoms with E-state index in [1.165, 1.54) is 7.05 Å². The number of piperidine rings is 1. The largest absolute Gasteiger partial charge is 0.389 e. The van der Waals surface area contributed by atoms with Crippen LogP contribution in [0.3, 0.4) is 0 Å². The van der Waals surface area contributed by atoms with Gasteiger partial charge in [-0.1, -0.05) is 0 Å². The molecule has 0 spiro atoms. The van der Waals surface area contributed by atoms with Crippen LogP contribution in [0.2, 0.25) is 0 Å².